The van der Waals surface area contributed by atoms with Gasteiger partial charge in [-0.2, -0.15) is 4.68 Å². The Kier molecular flexibility index (Phi) is 6.64. The molecule has 1 amide bonds. The van der Waals surface area contributed by atoms with Gasteiger partial charge in [-0.1, -0.05) is 0 Å². The van der Waals surface area contributed by atoms with Crippen molar-refractivity contribution in [2.24, 2.45) is 0 Å². The number of piperazine rings is 1. The van der Waals surface area contributed by atoms with E-state index in [1.165, 1.54) is 12.1 Å². The van der Waals surface area contributed by atoms with E-state index in [1.54, 1.807) is 28.6 Å². The molecule has 150 valence electrons. The van der Waals surface area contributed by atoms with Crippen LogP contribution in [-0.2, 0) is 20.9 Å². The van der Waals surface area contributed by atoms with Crippen LogP contribution in [0, 0.1) is 5.82 Å². The van der Waals surface area contributed by atoms with Crippen molar-refractivity contribution in [2.75, 3.05) is 32.8 Å². The quantitative estimate of drug-likeness (QED) is 0.645. The van der Waals surface area contributed by atoms with Crippen molar-refractivity contribution in [2.45, 2.75) is 26.3 Å². The molecule has 0 atom stereocenters. The summed E-state index contributed by atoms with van der Waals surface area (Å²) in [6, 6.07) is 5.97. The lowest BCUT2D eigenvalue weighted by Crippen LogP contribution is -2.48. The van der Waals surface area contributed by atoms with Crippen LogP contribution in [0.25, 0.3) is 5.69 Å². The van der Waals surface area contributed by atoms with Crippen molar-refractivity contribution >= 4 is 11.9 Å². The Morgan fingerprint density at radius 2 is 1.82 bits per heavy atom. The van der Waals surface area contributed by atoms with E-state index < -0.39 is 0 Å². The smallest absolute Gasteiger partial charge is 0.306 e. The zero-order valence-corrected chi connectivity index (χ0v) is 15.8. The molecule has 28 heavy (non-hydrogen) atoms. The lowest BCUT2D eigenvalue weighted by Gasteiger charge is -2.34. The Bertz CT molecular complexity index is 802. The molecule has 3 rings (SSSR count). The number of rotatable bonds is 7. The molecule has 0 unspecified atom stereocenters. The summed E-state index contributed by atoms with van der Waals surface area (Å²) in [5.74, 6) is -0.0539. The number of halogens is 1. The van der Waals surface area contributed by atoms with E-state index in [-0.39, 0.29) is 30.5 Å². The molecule has 0 N–H and O–H groups in total. The first-order valence-electron chi connectivity index (χ1n) is 9.25. The van der Waals surface area contributed by atoms with Gasteiger partial charge in [0.2, 0.25) is 5.91 Å². The average Bonchev–Trinajstić information content (AvgIpc) is 3.15. The van der Waals surface area contributed by atoms with Gasteiger partial charge in [-0.15, -0.1) is 5.10 Å². The summed E-state index contributed by atoms with van der Waals surface area (Å²) in [5, 5.41) is 11.8. The van der Waals surface area contributed by atoms with E-state index in [1.807, 2.05) is 0 Å². The second-order valence-corrected chi connectivity index (χ2v) is 6.45. The van der Waals surface area contributed by atoms with Crippen LogP contribution < -0.4 is 0 Å². The van der Waals surface area contributed by atoms with Crippen LogP contribution in [0.2, 0.25) is 0 Å². The highest BCUT2D eigenvalue weighted by Crippen LogP contribution is 2.13. The first-order valence-corrected chi connectivity index (χ1v) is 9.25. The fraction of sp³-hybridized carbons (Fsp3) is 0.500. The third-order valence-corrected chi connectivity index (χ3v) is 4.54. The number of amides is 1. The van der Waals surface area contributed by atoms with Gasteiger partial charge in [0.05, 0.1) is 25.3 Å². The van der Waals surface area contributed by atoms with E-state index in [4.69, 9.17) is 4.74 Å². The zero-order valence-electron chi connectivity index (χ0n) is 15.8. The molecule has 0 radical (unpaired) electrons. The Hall–Kier alpha value is -2.88. The lowest BCUT2D eigenvalue weighted by molar-refractivity contribution is -0.146. The highest BCUT2D eigenvalue weighted by atomic mass is 19.1. The van der Waals surface area contributed by atoms with Gasteiger partial charge in [0, 0.05) is 32.6 Å². The van der Waals surface area contributed by atoms with E-state index in [0.717, 1.165) is 0 Å². The number of tetrazole rings is 1. The molecule has 0 bridgehead atoms. The number of carbonyl (C=O) groups excluding carboxylic acids is 2. The normalized spacial score (nSPS) is 14.9. The van der Waals surface area contributed by atoms with Crippen molar-refractivity contribution in [1.82, 2.24) is 30.0 Å². The van der Waals surface area contributed by atoms with Crippen LogP contribution in [-0.4, -0.2) is 74.7 Å². The highest BCUT2D eigenvalue weighted by molar-refractivity contribution is 5.81. The van der Waals surface area contributed by atoms with Crippen LogP contribution >= 0.6 is 0 Å². The largest absolute Gasteiger partial charge is 0.466 e. The fourth-order valence-corrected chi connectivity index (χ4v) is 3.04. The molecule has 1 aliphatic rings. The average molecular weight is 390 g/mol. The fourth-order valence-electron chi connectivity index (χ4n) is 3.04. The maximum absolute atomic E-state index is 13.1. The molecule has 1 aliphatic heterocycles. The third kappa shape index (κ3) is 5.10. The predicted octanol–water partition coefficient (Wildman–Crippen LogP) is 0.789. The van der Waals surface area contributed by atoms with Crippen LogP contribution in [0.1, 0.15) is 25.6 Å². The first kappa shape index (κ1) is 19.9. The van der Waals surface area contributed by atoms with Gasteiger partial charge in [-0.3, -0.25) is 14.5 Å². The van der Waals surface area contributed by atoms with Gasteiger partial charge in [-0.25, -0.2) is 4.39 Å². The number of hydrogen-bond donors (Lipinski definition) is 0. The van der Waals surface area contributed by atoms with Crippen LogP contribution in [0.4, 0.5) is 4.39 Å². The number of nitrogens with zero attached hydrogens (tertiary/aromatic N) is 6. The van der Waals surface area contributed by atoms with Crippen molar-refractivity contribution in [3.63, 3.8) is 0 Å². The maximum atomic E-state index is 13.1. The summed E-state index contributed by atoms with van der Waals surface area (Å²) < 4.78 is 19.5. The minimum Gasteiger partial charge on any atom is -0.466 e. The molecule has 10 heteroatoms. The predicted molar refractivity (Wildman–Crippen MR) is 96.8 cm³/mol. The van der Waals surface area contributed by atoms with Crippen molar-refractivity contribution < 1.29 is 18.7 Å². The third-order valence-electron chi connectivity index (χ3n) is 4.54. The Morgan fingerprint density at radius 3 is 2.50 bits per heavy atom. The highest BCUT2D eigenvalue weighted by Gasteiger charge is 2.23. The monoisotopic (exact) mass is 390 g/mol. The molecular weight excluding hydrogens is 367 g/mol. The number of aromatic nitrogens is 4. The van der Waals surface area contributed by atoms with Crippen LogP contribution in [0.3, 0.4) is 0 Å². The second-order valence-electron chi connectivity index (χ2n) is 6.45. The molecule has 0 saturated carbocycles. The van der Waals surface area contributed by atoms with Crippen LogP contribution in [0.15, 0.2) is 24.3 Å². The minimum absolute atomic E-state index is 0.0381. The number of carbonyl (C=O) groups is 2. The van der Waals surface area contributed by atoms with Gasteiger partial charge < -0.3 is 9.64 Å². The zero-order chi connectivity index (χ0) is 19.9. The van der Waals surface area contributed by atoms with Crippen molar-refractivity contribution in [3.8, 4) is 5.69 Å². The van der Waals surface area contributed by atoms with Gasteiger partial charge in [0.1, 0.15) is 5.82 Å². The van der Waals surface area contributed by atoms with E-state index in [2.05, 4.69) is 20.4 Å². The van der Waals surface area contributed by atoms with E-state index in [0.29, 0.717) is 50.8 Å². The lowest BCUT2D eigenvalue weighted by atomic mass is 10.2. The summed E-state index contributed by atoms with van der Waals surface area (Å²) >= 11 is 0. The molecule has 2 heterocycles. The summed E-state index contributed by atoms with van der Waals surface area (Å²) in [7, 11) is 0. The number of esters is 1. The van der Waals surface area contributed by atoms with Crippen LogP contribution in [0.5, 0.6) is 0 Å². The topological polar surface area (TPSA) is 93.5 Å². The Morgan fingerprint density at radius 1 is 1.11 bits per heavy atom. The molecule has 0 aliphatic carbocycles. The van der Waals surface area contributed by atoms with Gasteiger partial charge in [0.15, 0.2) is 5.82 Å². The summed E-state index contributed by atoms with van der Waals surface area (Å²) in [5.41, 5.74) is 0.689. The first-order chi connectivity index (χ1) is 13.6. The number of hydrogen-bond acceptors (Lipinski definition) is 7. The summed E-state index contributed by atoms with van der Waals surface area (Å²) in [4.78, 5) is 27.5. The van der Waals surface area contributed by atoms with Gasteiger partial charge >= 0.3 is 5.97 Å². The molecule has 1 aromatic heterocycles. The maximum Gasteiger partial charge on any atom is 0.306 e. The molecule has 9 nitrogen and oxygen atoms in total. The number of ether oxygens (including phenoxy) is 1. The molecule has 1 fully saturated rings. The SMILES string of the molecule is CCOC(=O)CCC(=O)N1CCN(Cc2nnnn2-c2ccc(F)cc2)CC1. The molecule has 2 aromatic rings. The molecular formula is C18H23FN6O3. The molecule has 1 aromatic carbocycles. The number of benzene rings is 1. The van der Waals surface area contributed by atoms with Gasteiger partial charge in [-0.05, 0) is 41.6 Å². The molecule has 1 saturated heterocycles. The Labute approximate surface area is 162 Å². The van der Waals surface area contributed by atoms with E-state index >= 15 is 0 Å². The van der Waals surface area contributed by atoms with Gasteiger partial charge in [0.25, 0.3) is 0 Å². The van der Waals surface area contributed by atoms with E-state index in [9.17, 15) is 14.0 Å². The molecule has 0 spiro atoms. The van der Waals surface area contributed by atoms with Crippen molar-refractivity contribution in [1.29, 1.82) is 0 Å². The second kappa shape index (κ2) is 9.36. The Balaban J connectivity index is 1.50. The minimum atomic E-state index is -0.345. The van der Waals surface area contributed by atoms with Crippen molar-refractivity contribution in [3.05, 3.63) is 35.9 Å². The summed E-state index contributed by atoms with van der Waals surface area (Å²) in [6.45, 7) is 5.12. The standard InChI is InChI=1S/C18H23FN6O3/c1-2-28-18(27)8-7-17(26)24-11-9-23(10-12-24)13-16-20-21-22-25(16)15-5-3-14(19)4-6-15/h3-6H,2,7-13H2,1H3. The summed E-state index contributed by atoms with van der Waals surface area (Å²) in [6.07, 6.45) is 0.279.